The fourth-order valence-corrected chi connectivity index (χ4v) is 5.57. The Bertz CT molecular complexity index is 1030. The first-order valence-electron chi connectivity index (χ1n) is 12.6. The molecule has 1 N–H and O–H groups in total. The molecule has 0 spiro atoms. The smallest absolute Gasteiger partial charge is 0.410 e. The molecule has 35 heavy (non-hydrogen) atoms. The molecule has 1 saturated heterocycles. The lowest BCUT2D eigenvalue weighted by Gasteiger charge is -2.38. The monoisotopic (exact) mass is 494 g/mol. The highest BCUT2D eigenvalue weighted by Crippen LogP contribution is 2.41. The number of likely N-dealkylation sites (tertiary alicyclic amines) is 1. The van der Waals surface area contributed by atoms with Gasteiger partial charge in [-0.1, -0.05) is 63.2 Å². The van der Waals surface area contributed by atoms with E-state index in [1.54, 1.807) is 0 Å². The Hall–Kier alpha value is -2.64. The molecule has 0 unspecified atom stereocenters. The minimum Gasteiger partial charge on any atom is -0.445 e. The van der Waals surface area contributed by atoms with Gasteiger partial charge >= 0.3 is 6.09 Å². The van der Waals surface area contributed by atoms with Crippen LogP contribution in [-0.2, 0) is 20.6 Å². The average molecular weight is 495 g/mol. The van der Waals surface area contributed by atoms with Crippen LogP contribution in [0.2, 0.25) is 18.1 Å². The fraction of sp³-hybridized carbons (Fsp3) is 0.500. The van der Waals surface area contributed by atoms with Crippen molar-refractivity contribution in [3.05, 3.63) is 65.7 Å². The summed E-state index contributed by atoms with van der Waals surface area (Å²) in [6.45, 7) is 11.5. The largest absolute Gasteiger partial charge is 0.445 e. The van der Waals surface area contributed by atoms with Crippen LogP contribution in [0, 0.1) is 0 Å². The first kappa shape index (κ1) is 25.4. The zero-order valence-corrected chi connectivity index (χ0v) is 22.5. The van der Waals surface area contributed by atoms with Crippen molar-refractivity contribution in [1.29, 1.82) is 0 Å². The first-order chi connectivity index (χ1) is 16.5. The van der Waals surface area contributed by atoms with Crippen LogP contribution < -0.4 is 5.32 Å². The van der Waals surface area contributed by atoms with E-state index in [2.05, 4.69) is 51.3 Å². The van der Waals surface area contributed by atoms with E-state index in [0.29, 0.717) is 18.9 Å². The highest BCUT2D eigenvalue weighted by Gasteiger charge is 2.46. The molecule has 2 atom stereocenters. The number of nitrogens with zero attached hydrogens (tertiary/aromatic N) is 1. The van der Waals surface area contributed by atoms with Gasteiger partial charge in [-0.25, -0.2) is 4.79 Å². The van der Waals surface area contributed by atoms with Gasteiger partial charge in [0.2, 0.25) is 5.91 Å². The Balaban J connectivity index is 1.46. The van der Waals surface area contributed by atoms with E-state index >= 15 is 0 Å². The number of carbonyl (C=O) groups is 2. The van der Waals surface area contributed by atoms with Gasteiger partial charge in [-0.05, 0) is 60.2 Å². The van der Waals surface area contributed by atoms with Gasteiger partial charge in [0.25, 0.3) is 0 Å². The van der Waals surface area contributed by atoms with E-state index in [9.17, 15) is 9.59 Å². The number of hydrogen-bond acceptors (Lipinski definition) is 4. The van der Waals surface area contributed by atoms with Crippen LogP contribution in [0.1, 0.15) is 57.1 Å². The van der Waals surface area contributed by atoms with Crippen molar-refractivity contribution in [2.45, 2.75) is 82.8 Å². The van der Waals surface area contributed by atoms with Crippen LogP contribution in [-0.4, -0.2) is 43.9 Å². The van der Waals surface area contributed by atoms with Gasteiger partial charge in [-0.2, -0.15) is 0 Å². The predicted molar refractivity (Wildman–Crippen MR) is 141 cm³/mol. The number of amides is 2. The highest BCUT2D eigenvalue weighted by molar-refractivity contribution is 6.74. The van der Waals surface area contributed by atoms with Gasteiger partial charge in [0, 0.05) is 18.7 Å². The van der Waals surface area contributed by atoms with E-state index in [4.69, 9.17) is 9.16 Å². The third kappa shape index (κ3) is 6.33. The lowest BCUT2D eigenvalue weighted by molar-refractivity contribution is -0.120. The Morgan fingerprint density at radius 3 is 2.29 bits per heavy atom. The van der Waals surface area contributed by atoms with E-state index < -0.39 is 20.5 Å². The van der Waals surface area contributed by atoms with Crippen molar-refractivity contribution in [2.24, 2.45) is 0 Å². The summed E-state index contributed by atoms with van der Waals surface area (Å²) >= 11 is 0. The Morgan fingerprint density at radius 2 is 1.69 bits per heavy atom. The summed E-state index contributed by atoms with van der Waals surface area (Å²) in [7, 11) is -2.07. The molecule has 0 bridgehead atoms. The van der Waals surface area contributed by atoms with Crippen LogP contribution in [0.25, 0.3) is 0 Å². The normalized spacial score (nSPS) is 20.5. The van der Waals surface area contributed by atoms with Crippen molar-refractivity contribution < 1.29 is 18.8 Å². The molecule has 2 aliphatic rings. The average Bonchev–Trinajstić information content (AvgIpc) is 3.57. The number of benzene rings is 2. The number of anilines is 1. The van der Waals surface area contributed by atoms with Crippen molar-refractivity contribution in [2.75, 3.05) is 11.9 Å². The van der Waals surface area contributed by atoms with E-state index in [1.165, 1.54) is 23.3 Å². The molecule has 0 aromatic heterocycles. The molecule has 188 valence electrons. The Labute approximate surface area is 210 Å². The molecule has 2 fully saturated rings. The molecular weight excluding hydrogens is 456 g/mol. The van der Waals surface area contributed by atoms with E-state index in [-0.39, 0.29) is 23.7 Å². The van der Waals surface area contributed by atoms with Crippen LogP contribution in [0.5, 0.6) is 0 Å². The Morgan fingerprint density at radius 1 is 1.03 bits per heavy atom. The second-order valence-corrected chi connectivity index (χ2v) is 16.1. The minimum atomic E-state index is -2.07. The van der Waals surface area contributed by atoms with Gasteiger partial charge in [-0.15, -0.1) is 0 Å². The van der Waals surface area contributed by atoms with Crippen molar-refractivity contribution in [3.8, 4) is 0 Å². The van der Waals surface area contributed by atoms with Crippen LogP contribution in [0.15, 0.2) is 54.6 Å². The zero-order chi connectivity index (χ0) is 25.2. The number of carbonyl (C=O) groups excluding carboxylic acids is 2. The van der Waals surface area contributed by atoms with E-state index in [1.807, 2.05) is 42.5 Å². The summed E-state index contributed by atoms with van der Waals surface area (Å²) in [5, 5.41) is 3.05. The number of hydrogen-bond donors (Lipinski definition) is 1. The first-order valence-corrected chi connectivity index (χ1v) is 15.5. The van der Waals surface area contributed by atoms with Crippen molar-refractivity contribution in [3.63, 3.8) is 0 Å². The van der Waals surface area contributed by atoms with Gasteiger partial charge in [-0.3, -0.25) is 9.69 Å². The maximum Gasteiger partial charge on any atom is 0.410 e. The SMILES string of the molecule is CC(C)(C)[Si](C)(C)O[C@H]1C[C@H](C(=O)Nc2ccc(C3CC3)cc2)N(C(=O)OCc2ccccc2)C1. The third-order valence-corrected chi connectivity index (χ3v) is 12.0. The maximum absolute atomic E-state index is 13.3. The minimum absolute atomic E-state index is 0.0370. The molecule has 1 aliphatic carbocycles. The van der Waals surface area contributed by atoms with Crippen molar-refractivity contribution in [1.82, 2.24) is 4.90 Å². The molecule has 6 nitrogen and oxygen atoms in total. The van der Waals surface area contributed by atoms with Crippen molar-refractivity contribution >= 4 is 26.0 Å². The predicted octanol–water partition coefficient (Wildman–Crippen LogP) is 6.30. The van der Waals surface area contributed by atoms with Gasteiger partial charge in [0.05, 0.1) is 6.10 Å². The lowest BCUT2D eigenvalue weighted by atomic mass is 10.1. The van der Waals surface area contributed by atoms with Gasteiger partial charge in [0.1, 0.15) is 12.6 Å². The Kier molecular flexibility index (Phi) is 7.38. The summed E-state index contributed by atoms with van der Waals surface area (Å²) in [6.07, 6.45) is 2.25. The molecule has 1 saturated carbocycles. The quantitative estimate of drug-likeness (QED) is 0.458. The molecular formula is C28H38N2O4Si. The molecule has 2 aromatic rings. The summed E-state index contributed by atoms with van der Waals surface area (Å²) in [5.74, 6) is 0.458. The topological polar surface area (TPSA) is 67.9 Å². The lowest BCUT2D eigenvalue weighted by Crippen LogP contribution is -2.45. The van der Waals surface area contributed by atoms with E-state index in [0.717, 1.165) is 11.3 Å². The molecule has 7 heteroatoms. The van der Waals surface area contributed by atoms with Crippen LogP contribution >= 0.6 is 0 Å². The number of ether oxygens (including phenoxy) is 1. The van der Waals surface area contributed by atoms with Crippen LogP contribution in [0.4, 0.5) is 10.5 Å². The molecule has 4 rings (SSSR count). The summed E-state index contributed by atoms with van der Waals surface area (Å²) < 4.78 is 12.2. The maximum atomic E-state index is 13.3. The second-order valence-electron chi connectivity index (χ2n) is 11.3. The molecule has 0 radical (unpaired) electrons. The number of rotatable bonds is 7. The molecule has 1 heterocycles. The summed E-state index contributed by atoms with van der Waals surface area (Å²) in [6, 6.07) is 17.0. The van der Waals surface area contributed by atoms with Gasteiger partial charge < -0.3 is 14.5 Å². The highest BCUT2D eigenvalue weighted by atomic mass is 28.4. The fourth-order valence-electron chi connectivity index (χ4n) is 4.21. The zero-order valence-electron chi connectivity index (χ0n) is 21.5. The summed E-state index contributed by atoms with van der Waals surface area (Å²) in [4.78, 5) is 28.0. The van der Waals surface area contributed by atoms with Gasteiger partial charge in [0.15, 0.2) is 8.32 Å². The standard InChI is InChI=1S/C28H38N2O4Si/c1-28(2,3)35(4,5)34-24-17-25(26(31)29-23-15-13-22(14-16-23)21-11-12-21)30(18-24)27(32)33-19-20-9-7-6-8-10-20/h6-10,13-16,21,24-25H,11-12,17-19H2,1-5H3,(H,29,31)/t24-,25+/m0/s1. The third-order valence-electron chi connectivity index (χ3n) is 7.50. The molecule has 2 amide bonds. The summed E-state index contributed by atoms with van der Waals surface area (Å²) in [5.41, 5.74) is 2.97. The van der Waals surface area contributed by atoms with Crippen LogP contribution in [0.3, 0.4) is 0 Å². The second kappa shape index (κ2) is 10.2. The number of nitrogens with one attached hydrogen (secondary N) is 1. The molecule has 2 aromatic carbocycles. The molecule has 1 aliphatic heterocycles.